The smallest absolute Gasteiger partial charge is 0.189 e. The maximum Gasteiger partial charge on any atom is 0.189 e. The summed E-state index contributed by atoms with van der Waals surface area (Å²) in [6.07, 6.45) is 1.59. The van der Waals surface area contributed by atoms with Crippen molar-refractivity contribution in [2.45, 2.75) is 33.2 Å². The number of allylic oxidation sites excluding steroid dienone is 1. The molecule has 20 heavy (non-hydrogen) atoms. The van der Waals surface area contributed by atoms with Crippen LogP contribution in [0.1, 0.15) is 36.7 Å². The predicted octanol–water partition coefficient (Wildman–Crippen LogP) is 1.96. The molecule has 0 bridgehead atoms. The number of hydrogen-bond donors (Lipinski definition) is 3. The van der Waals surface area contributed by atoms with Crippen molar-refractivity contribution in [3.8, 4) is 0 Å². The van der Waals surface area contributed by atoms with E-state index in [4.69, 9.17) is 5.73 Å². The van der Waals surface area contributed by atoms with Crippen molar-refractivity contribution < 1.29 is 4.79 Å². The number of aryl methyl sites for hydroxylation is 1. The Bertz CT molecular complexity index is 469. The average Bonchev–Trinajstić information content (AvgIpc) is 2.35. The molecule has 0 aromatic heterocycles. The number of benzene rings is 1. The normalized spacial score (nSPS) is 12.2. The molecular weight excluding hydrogens is 250 g/mol. The third-order valence-electron chi connectivity index (χ3n) is 2.58. The lowest BCUT2D eigenvalue weighted by Gasteiger charge is -2.25. The Morgan fingerprint density at radius 3 is 2.35 bits per heavy atom. The summed E-state index contributed by atoms with van der Waals surface area (Å²) in [4.78, 5) is 12.2. The van der Waals surface area contributed by atoms with Gasteiger partial charge in [0.1, 0.15) is 5.82 Å². The summed E-state index contributed by atoms with van der Waals surface area (Å²) in [7, 11) is 0. The molecule has 0 aliphatic heterocycles. The van der Waals surface area contributed by atoms with E-state index in [1.165, 1.54) is 0 Å². The van der Waals surface area contributed by atoms with Crippen LogP contribution in [0.25, 0.3) is 0 Å². The molecule has 0 aliphatic carbocycles. The van der Waals surface area contributed by atoms with Gasteiger partial charge in [-0.1, -0.05) is 29.8 Å². The summed E-state index contributed by atoms with van der Waals surface area (Å²) >= 11 is 0. The molecule has 0 saturated heterocycles. The van der Waals surface area contributed by atoms with Crippen LogP contribution in [0.15, 0.2) is 36.2 Å². The third kappa shape index (κ3) is 5.89. The van der Waals surface area contributed by atoms with Crippen LogP contribution in [-0.4, -0.2) is 24.4 Å². The van der Waals surface area contributed by atoms with E-state index in [-0.39, 0.29) is 11.3 Å². The highest BCUT2D eigenvalue weighted by Crippen LogP contribution is 2.07. The van der Waals surface area contributed by atoms with Crippen LogP contribution in [0.2, 0.25) is 0 Å². The molecule has 0 aliphatic rings. The van der Waals surface area contributed by atoms with Gasteiger partial charge in [-0.3, -0.25) is 4.79 Å². The molecule has 4 N–H and O–H groups in total. The van der Waals surface area contributed by atoms with E-state index in [2.05, 4.69) is 10.6 Å². The van der Waals surface area contributed by atoms with Crippen LogP contribution in [0.4, 0.5) is 0 Å². The zero-order valence-corrected chi connectivity index (χ0v) is 12.8. The molecule has 4 heteroatoms. The first-order valence-corrected chi connectivity index (χ1v) is 6.86. The highest BCUT2D eigenvalue weighted by atomic mass is 16.1. The molecule has 4 nitrogen and oxygen atoms in total. The van der Waals surface area contributed by atoms with E-state index in [0.717, 1.165) is 5.56 Å². The van der Waals surface area contributed by atoms with Crippen molar-refractivity contribution in [1.29, 1.82) is 0 Å². The zero-order chi connectivity index (χ0) is 15.2. The van der Waals surface area contributed by atoms with Crippen molar-refractivity contribution in [2.75, 3.05) is 13.1 Å². The second kappa shape index (κ2) is 7.10. The van der Waals surface area contributed by atoms with Gasteiger partial charge in [-0.25, -0.2) is 0 Å². The fourth-order valence-corrected chi connectivity index (χ4v) is 1.67. The second-order valence-corrected chi connectivity index (χ2v) is 5.88. The molecule has 0 saturated carbocycles. The molecule has 0 atom stereocenters. The number of nitrogens with two attached hydrogens (primary N) is 1. The van der Waals surface area contributed by atoms with Crippen molar-refractivity contribution in [3.63, 3.8) is 0 Å². The highest BCUT2D eigenvalue weighted by molar-refractivity contribution is 6.04. The molecule has 0 spiro atoms. The monoisotopic (exact) mass is 275 g/mol. The SMILES string of the molecule is Cc1ccc(C(=O)/C=C(\NCCN)NC(C)(C)C)cc1. The Balaban J connectivity index is 2.87. The van der Waals surface area contributed by atoms with Gasteiger partial charge in [0.05, 0.1) is 0 Å². The standard InChI is InChI=1S/C16H25N3O/c1-12-5-7-13(8-6-12)14(20)11-15(18-10-9-17)19-16(2,3)4/h5-8,11,18-19H,9-10,17H2,1-4H3/b15-11+. The van der Waals surface area contributed by atoms with E-state index < -0.39 is 0 Å². The highest BCUT2D eigenvalue weighted by Gasteiger charge is 2.12. The number of carbonyl (C=O) groups excluding carboxylic acids is 1. The Morgan fingerprint density at radius 2 is 1.85 bits per heavy atom. The van der Waals surface area contributed by atoms with Gasteiger partial charge in [0.25, 0.3) is 0 Å². The van der Waals surface area contributed by atoms with Crippen LogP contribution >= 0.6 is 0 Å². The summed E-state index contributed by atoms with van der Waals surface area (Å²) in [6.45, 7) is 9.27. The Hall–Kier alpha value is -1.81. The Morgan fingerprint density at radius 1 is 1.25 bits per heavy atom. The second-order valence-electron chi connectivity index (χ2n) is 5.88. The van der Waals surface area contributed by atoms with Crippen LogP contribution in [0, 0.1) is 6.92 Å². The van der Waals surface area contributed by atoms with Gasteiger partial charge in [-0.2, -0.15) is 0 Å². The van der Waals surface area contributed by atoms with Crippen molar-refractivity contribution >= 4 is 5.78 Å². The first-order valence-electron chi connectivity index (χ1n) is 6.86. The van der Waals surface area contributed by atoms with Gasteiger partial charge in [0.15, 0.2) is 5.78 Å². The quantitative estimate of drug-likeness (QED) is 0.548. The first kappa shape index (κ1) is 16.2. The Kier molecular flexibility index (Phi) is 5.77. The number of rotatable bonds is 6. The van der Waals surface area contributed by atoms with E-state index in [0.29, 0.717) is 24.5 Å². The third-order valence-corrected chi connectivity index (χ3v) is 2.58. The fraction of sp³-hybridized carbons (Fsp3) is 0.438. The first-order chi connectivity index (χ1) is 9.31. The minimum Gasteiger partial charge on any atom is -0.371 e. The lowest BCUT2D eigenvalue weighted by molar-refractivity contribution is 0.104. The van der Waals surface area contributed by atoms with E-state index in [1.54, 1.807) is 6.08 Å². The van der Waals surface area contributed by atoms with Crippen molar-refractivity contribution in [3.05, 3.63) is 47.3 Å². The van der Waals surface area contributed by atoms with Crippen LogP contribution in [0.5, 0.6) is 0 Å². The topological polar surface area (TPSA) is 67.2 Å². The van der Waals surface area contributed by atoms with Gasteiger partial charge >= 0.3 is 0 Å². The molecule has 1 aromatic carbocycles. The molecular formula is C16H25N3O. The fourth-order valence-electron chi connectivity index (χ4n) is 1.67. The van der Waals surface area contributed by atoms with Crippen LogP contribution in [-0.2, 0) is 0 Å². The summed E-state index contributed by atoms with van der Waals surface area (Å²) in [5.41, 5.74) is 7.19. The van der Waals surface area contributed by atoms with Gasteiger partial charge in [-0.15, -0.1) is 0 Å². The van der Waals surface area contributed by atoms with E-state index in [9.17, 15) is 4.79 Å². The number of hydrogen-bond acceptors (Lipinski definition) is 4. The van der Waals surface area contributed by atoms with Gasteiger partial charge in [-0.05, 0) is 27.7 Å². The largest absolute Gasteiger partial charge is 0.371 e. The van der Waals surface area contributed by atoms with Crippen molar-refractivity contribution in [2.24, 2.45) is 5.73 Å². The van der Waals surface area contributed by atoms with Crippen LogP contribution in [0.3, 0.4) is 0 Å². The maximum atomic E-state index is 12.2. The lowest BCUT2D eigenvalue weighted by Crippen LogP contribution is -2.41. The molecule has 1 aromatic rings. The average molecular weight is 275 g/mol. The van der Waals surface area contributed by atoms with Crippen molar-refractivity contribution in [1.82, 2.24) is 10.6 Å². The van der Waals surface area contributed by atoms with E-state index in [1.807, 2.05) is 52.0 Å². The molecule has 0 radical (unpaired) electrons. The predicted molar refractivity (Wildman–Crippen MR) is 83.5 cm³/mol. The molecule has 0 amide bonds. The van der Waals surface area contributed by atoms with Gasteiger partial charge < -0.3 is 16.4 Å². The zero-order valence-electron chi connectivity index (χ0n) is 12.8. The van der Waals surface area contributed by atoms with E-state index >= 15 is 0 Å². The summed E-state index contributed by atoms with van der Waals surface area (Å²) in [6, 6.07) is 7.55. The molecule has 1 rings (SSSR count). The Labute approximate surface area is 121 Å². The molecule has 0 unspecified atom stereocenters. The lowest BCUT2D eigenvalue weighted by atomic mass is 10.1. The summed E-state index contributed by atoms with van der Waals surface area (Å²) in [5, 5.41) is 6.42. The van der Waals surface area contributed by atoms with Gasteiger partial charge in [0, 0.05) is 30.3 Å². The van der Waals surface area contributed by atoms with Gasteiger partial charge in [0.2, 0.25) is 0 Å². The number of carbonyl (C=O) groups is 1. The number of ketones is 1. The van der Waals surface area contributed by atoms with Crippen LogP contribution < -0.4 is 16.4 Å². The minimum absolute atomic E-state index is 0.0266. The minimum atomic E-state index is -0.124. The summed E-state index contributed by atoms with van der Waals surface area (Å²) < 4.78 is 0. The molecule has 0 heterocycles. The number of nitrogens with one attached hydrogen (secondary N) is 2. The maximum absolute atomic E-state index is 12.2. The summed E-state index contributed by atoms with van der Waals surface area (Å²) in [5.74, 6) is 0.676. The molecule has 110 valence electrons. The molecule has 0 fully saturated rings.